The van der Waals surface area contributed by atoms with Crippen molar-refractivity contribution in [3.05, 3.63) is 62.2 Å². The van der Waals surface area contributed by atoms with E-state index in [1.165, 1.54) is 22.7 Å². The molecule has 0 saturated carbocycles. The van der Waals surface area contributed by atoms with Gasteiger partial charge in [-0.3, -0.25) is 9.59 Å². The standard InChI is InChI=1S/C22H19ClN2O3S2/c1-4-28-17(26)11-25-19-13(3)9-12(2)10-16(19)30-22(25)24-21(27)20-18(23)14-7-5-6-8-15(14)29-20/h5-10H,4,11H2,1-3H3. The number of benzene rings is 2. The molecule has 2 aromatic heterocycles. The second-order valence-electron chi connectivity index (χ2n) is 6.86. The third-order valence-corrected chi connectivity index (χ3v) is 7.32. The Morgan fingerprint density at radius 3 is 2.63 bits per heavy atom. The molecule has 0 fully saturated rings. The predicted octanol–water partition coefficient (Wildman–Crippen LogP) is 5.49. The summed E-state index contributed by atoms with van der Waals surface area (Å²) in [6.07, 6.45) is 0. The van der Waals surface area contributed by atoms with Crippen LogP contribution < -0.4 is 4.80 Å². The molecule has 0 aliphatic rings. The van der Waals surface area contributed by atoms with Gasteiger partial charge in [-0.25, -0.2) is 0 Å². The fourth-order valence-corrected chi connectivity index (χ4v) is 6.05. The lowest BCUT2D eigenvalue weighted by molar-refractivity contribution is -0.143. The van der Waals surface area contributed by atoms with Crippen LogP contribution in [0.1, 0.15) is 27.7 Å². The zero-order valence-electron chi connectivity index (χ0n) is 16.7. The van der Waals surface area contributed by atoms with E-state index in [2.05, 4.69) is 4.99 Å². The van der Waals surface area contributed by atoms with Crippen LogP contribution in [0, 0.1) is 13.8 Å². The predicted molar refractivity (Wildman–Crippen MR) is 123 cm³/mol. The number of amides is 1. The van der Waals surface area contributed by atoms with Crippen molar-refractivity contribution in [2.45, 2.75) is 27.3 Å². The number of rotatable bonds is 4. The molecule has 4 aromatic rings. The molecule has 0 aliphatic carbocycles. The number of ether oxygens (including phenoxy) is 1. The molecule has 154 valence electrons. The quantitative estimate of drug-likeness (QED) is 0.380. The molecule has 2 aromatic carbocycles. The van der Waals surface area contributed by atoms with Gasteiger partial charge in [0.25, 0.3) is 5.91 Å². The highest BCUT2D eigenvalue weighted by Gasteiger charge is 2.19. The summed E-state index contributed by atoms with van der Waals surface area (Å²) < 4.78 is 8.78. The molecule has 0 atom stereocenters. The van der Waals surface area contributed by atoms with Gasteiger partial charge >= 0.3 is 5.97 Å². The Morgan fingerprint density at radius 2 is 1.90 bits per heavy atom. The van der Waals surface area contributed by atoms with Gasteiger partial charge in [-0.15, -0.1) is 11.3 Å². The molecule has 4 rings (SSSR count). The van der Waals surface area contributed by atoms with Gasteiger partial charge in [0.05, 0.1) is 21.8 Å². The Morgan fingerprint density at radius 1 is 1.13 bits per heavy atom. The molecule has 0 bridgehead atoms. The fourth-order valence-electron chi connectivity index (χ4n) is 3.45. The maximum Gasteiger partial charge on any atom is 0.326 e. The second kappa shape index (κ2) is 8.34. The van der Waals surface area contributed by atoms with Gasteiger partial charge < -0.3 is 9.30 Å². The van der Waals surface area contributed by atoms with Crippen LogP contribution in [0.25, 0.3) is 20.3 Å². The highest BCUT2D eigenvalue weighted by atomic mass is 35.5. The van der Waals surface area contributed by atoms with Gasteiger partial charge in [0.15, 0.2) is 4.80 Å². The van der Waals surface area contributed by atoms with Crippen molar-refractivity contribution in [1.29, 1.82) is 0 Å². The van der Waals surface area contributed by atoms with Crippen molar-refractivity contribution in [1.82, 2.24) is 4.57 Å². The molecule has 8 heteroatoms. The summed E-state index contributed by atoms with van der Waals surface area (Å²) >= 11 is 9.16. The van der Waals surface area contributed by atoms with E-state index in [1.807, 2.05) is 50.2 Å². The molecule has 2 heterocycles. The number of thiophene rings is 1. The minimum Gasteiger partial charge on any atom is -0.465 e. The Kier molecular flexibility index (Phi) is 5.77. The maximum atomic E-state index is 13.0. The van der Waals surface area contributed by atoms with Crippen LogP contribution >= 0.6 is 34.3 Å². The number of carbonyl (C=O) groups excluding carboxylic acids is 2. The van der Waals surface area contributed by atoms with Crippen molar-refractivity contribution in [3.8, 4) is 0 Å². The van der Waals surface area contributed by atoms with Crippen molar-refractivity contribution >= 4 is 66.5 Å². The number of hydrogen-bond acceptors (Lipinski definition) is 5. The first-order valence-corrected chi connectivity index (χ1v) is 11.4. The lowest BCUT2D eigenvalue weighted by Gasteiger charge is -2.07. The second-order valence-corrected chi connectivity index (χ2v) is 9.30. The van der Waals surface area contributed by atoms with E-state index in [-0.39, 0.29) is 12.5 Å². The summed E-state index contributed by atoms with van der Waals surface area (Å²) in [6.45, 7) is 6.05. The number of fused-ring (bicyclic) bond motifs is 2. The molecule has 1 amide bonds. The molecular formula is C22H19ClN2O3S2. The number of thiazole rings is 1. The van der Waals surface area contributed by atoms with Gasteiger partial charge in [0.2, 0.25) is 0 Å². The monoisotopic (exact) mass is 458 g/mol. The third-order valence-electron chi connectivity index (χ3n) is 4.63. The largest absolute Gasteiger partial charge is 0.465 e. The third kappa shape index (κ3) is 3.80. The van der Waals surface area contributed by atoms with Crippen LogP contribution in [0.2, 0.25) is 5.02 Å². The summed E-state index contributed by atoms with van der Waals surface area (Å²) in [7, 11) is 0. The smallest absolute Gasteiger partial charge is 0.326 e. The molecule has 0 N–H and O–H groups in total. The summed E-state index contributed by atoms with van der Waals surface area (Å²) in [4.78, 5) is 30.5. The van der Waals surface area contributed by atoms with E-state index in [4.69, 9.17) is 16.3 Å². The SMILES string of the molecule is CCOC(=O)Cn1c(=NC(=O)c2sc3ccccc3c2Cl)sc2cc(C)cc(C)c21. The molecule has 0 aliphatic heterocycles. The summed E-state index contributed by atoms with van der Waals surface area (Å²) in [6, 6.07) is 11.7. The van der Waals surface area contributed by atoms with Crippen LogP contribution in [0.15, 0.2) is 41.4 Å². The molecule has 0 unspecified atom stereocenters. The van der Waals surface area contributed by atoms with E-state index in [0.717, 1.165) is 31.4 Å². The maximum absolute atomic E-state index is 13.0. The molecule has 5 nitrogen and oxygen atoms in total. The van der Waals surface area contributed by atoms with Crippen LogP contribution in [0.4, 0.5) is 0 Å². The number of esters is 1. The van der Waals surface area contributed by atoms with Gasteiger partial charge in [-0.05, 0) is 44.0 Å². The van der Waals surface area contributed by atoms with Crippen LogP contribution in [0.3, 0.4) is 0 Å². The van der Waals surface area contributed by atoms with Crippen molar-refractivity contribution in [2.75, 3.05) is 6.61 Å². The summed E-state index contributed by atoms with van der Waals surface area (Å²) in [5.41, 5.74) is 3.00. The number of halogens is 1. The molecule has 30 heavy (non-hydrogen) atoms. The Balaban J connectivity index is 1.88. The van der Waals surface area contributed by atoms with Gasteiger partial charge in [-0.1, -0.05) is 47.2 Å². The van der Waals surface area contributed by atoms with Crippen molar-refractivity contribution < 1.29 is 14.3 Å². The summed E-state index contributed by atoms with van der Waals surface area (Å²) in [5, 5.41) is 1.25. The lowest BCUT2D eigenvalue weighted by atomic mass is 10.1. The highest BCUT2D eigenvalue weighted by molar-refractivity contribution is 7.21. The molecule has 0 spiro atoms. The van der Waals surface area contributed by atoms with E-state index in [9.17, 15) is 9.59 Å². The van der Waals surface area contributed by atoms with E-state index in [1.54, 1.807) is 11.5 Å². The summed E-state index contributed by atoms with van der Waals surface area (Å²) in [5.74, 6) is -0.786. The molecule has 0 radical (unpaired) electrons. The van der Waals surface area contributed by atoms with Gasteiger partial charge in [-0.2, -0.15) is 4.99 Å². The lowest BCUT2D eigenvalue weighted by Crippen LogP contribution is -2.23. The zero-order valence-corrected chi connectivity index (χ0v) is 19.1. The van der Waals surface area contributed by atoms with Gasteiger partial charge in [0, 0.05) is 10.1 Å². The first kappa shape index (κ1) is 20.8. The topological polar surface area (TPSA) is 60.7 Å². The normalized spacial score (nSPS) is 12.1. The number of nitrogens with zero attached hydrogens (tertiary/aromatic N) is 2. The molecular weight excluding hydrogens is 440 g/mol. The minimum atomic E-state index is -0.417. The van der Waals surface area contributed by atoms with E-state index < -0.39 is 5.91 Å². The average molecular weight is 459 g/mol. The van der Waals surface area contributed by atoms with Crippen molar-refractivity contribution in [3.63, 3.8) is 0 Å². The first-order chi connectivity index (χ1) is 14.4. The van der Waals surface area contributed by atoms with Crippen LogP contribution in [-0.2, 0) is 16.1 Å². The average Bonchev–Trinajstić information content (AvgIpc) is 3.20. The fraction of sp³-hybridized carbons (Fsp3) is 0.227. The van der Waals surface area contributed by atoms with Crippen molar-refractivity contribution in [2.24, 2.45) is 4.99 Å². The van der Waals surface area contributed by atoms with Gasteiger partial charge in [0.1, 0.15) is 11.4 Å². The number of aryl methyl sites for hydroxylation is 2. The molecule has 0 saturated heterocycles. The number of carbonyl (C=O) groups is 2. The van der Waals surface area contributed by atoms with Crippen LogP contribution in [0.5, 0.6) is 0 Å². The highest BCUT2D eigenvalue weighted by Crippen LogP contribution is 2.35. The number of hydrogen-bond donors (Lipinski definition) is 0. The number of aromatic nitrogens is 1. The van der Waals surface area contributed by atoms with Crippen LogP contribution in [-0.4, -0.2) is 23.1 Å². The minimum absolute atomic E-state index is 0.00992. The zero-order chi connectivity index (χ0) is 21.4. The Hall–Kier alpha value is -2.48. The van der Waals surface area contributed by atoms with E-state index >= 15 is 0 Å². The first-order valence-electron chi connectivity index (χ1n) is 9.41. The Bertz CT molecular complexity index is 1360. The Labute approximate surface area is 186 Å². The van der Waals surface area contributed by atoms with E-state index in [0.29, 0.717) is 21.3 Å².